The van der Waals surface area contributed by atoms with Gasteiger partial charge in [0.25, 0.3) is 0 Å². The standard InChI is InChI=1S/C17H20BrNOS/c1-2-9-19-16-7-3-12-10-13(4-6-15(12)16)20-11-14-5-8-17(18)21-14/h4-6,8,10,16,19H,2-3,7,9,11H2,1H3. The third kappa shape index (κ3) is 3.68. The third-order valence-electron chi connectivity index (χ3n) is 3.84. The number of nitrogens with one attached hydrogen (secondary N) is 1. The van der Waals surface area contributed by atoms with Gasteiger partial charge in [0.05, 0.1) is 3.79 Å². The average Bonchev–Trinajstić information content (AvgIpc) is 3.09. The number of fused-ring (bicyclic) bond motifs is 1. The summed E-state index contributed by atoms with van der Waals surface area (Å²) in [6.45, 7) is 3.95. The largest absolute Gasteiger partial charge is 0.488 e. The summed E-state index contributed by atoms with van der Waals surface area (Å²) >= 11 is 5.21. The summed E-state index contributed by atoms with van der Waals surface area (Å²) in [5.74, 6) is 0.981. The molecule has 2 aromatic rings. The predicted molar refractivity (Wildman–Crippen MR) is 92.1 cm³/mol. The Morgan fingerprint density at radius 3 is 3.00 bits per heavy atom. The van der Waals surface area contributed by atoms with Gasteiger partial charge in [-0.05, 0) is 77.1 Å². The Morgan fingerprint density at radius 1 is 1.33 bits per heavy atom. The number of halogens is 1. The first-order valence-corrected chi connectivity index (χ1v) is 9.10. The lowest BCUT2D eigenvalue weighted by Crippen LogP contribution is -2.19. The van der Waals surface area contributed by atoms with Crippen molar-refractivity contribution >= 4 is 27.3 Å². The van der Waals surface area contributed by atoms with Crippen LogP contribution in [0.4, 0.5) is 0 Å². The number of aryl methyl sites for hydroxylation is 1. The summed E-state index contributed by atoms with van der Waals surface area (Å²) in [6, 6.07) is 11.2. The number of hydrogen-bond acceptors (Lipinski definition) is 3. The molecule has 0 saturated heterocycles. The van der Waals surface area contributed by atoms with Gasteiger partial charge in [0.15, 0.2) is 0 Å². The van der Waals surface area contributed by atoms with Crippen molar-refractivity contribution in [3.63, 3.8) is 0 Å². The second-order valence-corrected chi connectivity index (χ2v) is 7.95. The zero-order chi connectivity index (χ0) is 14.7. The highest BCUT2D eigenvalue weighted by Gasteiger charge is 2.21. The topological polar surface area (TPSA) is 21.3 Å². The minimum Gasteiger partial charge on any atom is -0.488 e. The van der Waals surface area contributed by atoms with Crippen molar-refractivity contribution in [2.75, 3.05) is 6.54 Å². The van der Waals surface area contributed by atoms with Crippen LogP contribution in [0.1, 0.15) is 41.8 Å². The van der Waals surface area contributed by atoms with E-state index in [1.165, 1.54) is 28.8 Å². The fourth-order valence-corrected chi connectivity index (χ4v) is 4.19. The Balaban J connectivity index is 1.64. The molecule has 2 nitrogen and oxygen atoms in total. The molecule has 1 heterocycles. The van der Waals surface area contributed by atoms with Crippen LogP contribution in [-0.2, 0) is 13.0 Å². The molecule has 0 fully saturated rings. The lowest BCUT2D eigenvalue weighted by molar-refractivity contribution is 0.309. The molecule has 0 amide bonds. The predicted octanol–water partition coefficient (Wildman–Crippen LogP) is 5.08. The zero-order valence-corrected chi connectivity index (χ0v) is 14.6. The van der Waals surface area contributed by atoms with Crippen molar-refractivity contribution in [2.45, 2.75) is 38.8 Å². The Kier molecular flexibility index (Phi) is 4.99. The van der Waals surface area contributed by atoms with E-state index >= 15 is 0 Å². The van der Waals surface area contributed by atoms with Crippen molar-refractivity contribution in [2.24, 2.45) is 0 Å². The van der Waals surface area contributed by atoms with Gasteiger partial charge in [0.1, 0.15) is 12.4 Å². The van der Waals surface area contributed by atoms with E-state index in [2.05, 4.69) is 58.5 Å². The highest BCUT2D eigenvalue weighted by atomic mass is 79.9. The summed E-state index contributed by atoms with van der Waals surface area (Å²) in [5, 5.41) is 3.62. The summed E-state index contributed by atoms with van der Waals surface area (Å²) < 4.78 is 7.07. The fraction of sp³-hybridized carbons (Fsp3) is 0.412. The highest BCUT2D eigenvalue weighted by molar-refractivity contribution is 9.11. The molecule has 1 aromatic carbocycles. The maximum absolute atomic E-state index is 5.92. The summed E-state index contributed by atoms with van der Waals surface area (Å²) in [6.07, 6.45) is 3.54. The van der Waals surface area contributed by atoms with Gasteiger partial charge in [-0.25, -0.2) is 0 Å². The number of thiophene rings is 1. The normalized spacial score (nSPS) is 17.0. The van der Waals surface area contributed by atoms with Gasteiger partial charge in [0, 0.05) is 10.9 Å². The molecule has 0 saturated carbocycles. The molecule has 0 aliphatic heterocycles. The maximum Gasteiger partial charge on any atom is 0.122 e. The molecule has 21 heavy (non-hydrogen) atoms. The molecule has 112 valence electrons. The zero-order valence-electron chi connectivity index (χ0n) is 12.2. The van der Waals surface area contributed by atoms with Crippen LogP contribution >= 0.6 is 27.3 Å². The minimum absolute atomic E-state index is 0.530. The minimum atomic E-state index is 0.530. The van der Waals surface area contributed by atoms with Gasteiger partial charge in [0.2, 0.25) is 0 Å². The molecule has 1 aliphatic carbocycles. The first-order chi connectivity index (χ1) is 10.3. The van der Waals surface area contributed by atoms with Crippen LogP contribution in [-0.4, -0.2) is 6.54 Å². The molecule has 1 N–H and O–H groups in total. The second kappa shape index (κ2) is 6.95. The average molecular weight is 366 g/mol. The molecule has 1 atom stereocenters. The number of hydrogen-bond donors (Lipinski definition) is 1. The molecule has 0 spiro atoms. The first-order valence-electron chi connectivity index (χ1n) is 7.49. The smallest absolute Gasteiger partial charge is 0.122 e. The second-order valence-electron chi connectivity index (χ2n) is 5.40. The van der Waals surface area contributed by atoms with Gasteiger partial charge in [-0.1, -0.05) is 13.0 Å². The molecular formula is C17H20BrNOS. The molecule has 4 heteroatoms. The van der Waals surface area contributed by atoms with Crippen LogP contribution in [0.5, 0.6) is 5.75 Å². The first kappa shape index (κ1) is 15.1. The van der Waals surface area contributed by atoms with Crippen LogP contribution in [0, 0.1) is 0 Å². The van der Waals surface area contributed by atoms with Gasteiger partial charge < -0.3 is 10.1 Å². The van der Waals surface area contributed by atoms with E-state index in [0.717, 1.165) is 22.5 Å². The van der Waals surface area contributed by atoms with E-state index in [0.29, 0.717) is 12.6 Å². The van der Waals surface area contributed by atoms with E-state index in [-0.39, 0.29) is 0 Å². The van der Waals surface area contributed by atoms with E-state index < -0.39 is 0 Å². The van der Waals surface area contributed by atoms with E-state index in [1.807, 2.05) is 0 Å². The van der Waals surface area contributed by atoms with Crippen LogP contribution in [0.2, 0.25) is 0 Å². The van der Waals surface area contributed by atoms with Crippen LogP contribution < -0.4 is 10.1 Å². The van der Waals surface area contributed by atoms with Crippen molar-refractivity contribution in [3.05, 3.63) is 50.1 Å². The molecule has 0 bridgehead atoms. The van der Waals surface area contributed by atoms with Crippen molar-refractivity contribution < 1.29 is 4.74 Å². The monoisotopic (exact) mass is 365 g/mol. The van der Waals surface area contributed by atoms with E-state index in [9.17, 15) is 0 Å². The number of rotatable bonds is 6. The SMILES string of the molecule is CCCNC1CCc2cc(OCc3ccc(Br)s3)ccc21. The Morgan fingerprint density at radius 2 is 2.24 bits per heavy atom. The number of ether oxygens (including phenoxy) is 1. The lowest BCUT2D eigenvalue weighted by Gasteiger charge is -2.14. The summed E-state index contributed by atoms with van der Waals surface area (Å²) in [7, 11) is 0. The molecule has 1 aliphatic rings. The Hall–Kier alpha value is -0.840. The Bertz CT molecular complexity index is 611. The molecule has 0 radical (unpaired) electrons. The van der Waals surface area contributed by atoms with Gasteiger partial charge >= 0.3 is 0 Å². The summed E-state index contributed by atoms with van der Waals surface area (Å²) in [5.41, 5.74) is 2.89. The van der Waals surface area contributed by atoms with Crippen molar-refractivity contribution in [3.8, 4) is 5.75 Å². The van der Waals surface area contributed by atoms with E-state index in [4.69, 9.17) is 4.74 Å². The number of benzene rings is 1. The molecule has 1 aromatic heterocycles. The third-order valence-corrected chi connectivity index (χ3v) is 5.44. The van der Waals surface area contributed by atoms with Crippen LogP contribution in [0.25, 0.3) is 0 Å². The quantitative estimate of drug-likeness (QED) is 0.770. The lowest BCUT2D eigenvalue weighted by atomic mass is 10.1. The summed E-state index contributed by atoms with van der Waals surface area (Å²) in [4.78, 5) is 1.24. The Labute approximate surface area is 138 Å². The van der Waals surface area contributed by atoms with Crippen molar-refractivity contribution in [1.29, 1.82) is 0 Å². The van der Waals surface area contributed by atoms with Crippen LogP contribution in [0.3, 0.4) is 0 Å². The van der Waals surface area contributed by atoms with Gasteiger partial charge in [-0.2, -0.15) is 0 Å². The molecular weight excluding hydrogens is 346 g/mol. The highest BCUT2D eigenvalue weighted by Crippen LogP contribution is 2.34. The molecule has 3 rings (SSSR count). The van der Waals surface area contributed by atoms with Gasteiger partial charge in [-0.3, -0.25) is 0 Å². The van der Waals surface area contributed by atoms with Gasteiger partial charge in [-0.15, -0.1) is 11.3 Å². The van der Waals surface area contributed by atoms with Crippen molar-refractivity contribution in [1.82, 2.24) is 5.32 Å². The fourth-order valence-electron chi connectivity index (χ4n) is 2.80. The van der Waals surface area contributed by atoms with E-state index in [1.54, 1.807) is 11.3 Å². The maximum atomic E-state index is 5.92. The van der Waals surface area contributed by atoms with Crippen LogP contribution in [0.15, 0.2) is 34.1 Å². The molecule has 1 unspecified atom stereocenters.